The molecule has 330 valence electrons. The Kier molecular flexibility index (Phi) is 37.9. The van der Waals surface area contributed by atoms with Crippen LogP contribution in [0.2, 0.25) is 0 Å². The van der Waals surface area contributed by atoms with Crippen LogP contribution in [-0.2, 0) is 28.6 Å². The Labute approximate surface area is 354 Å². The third-order valence-electron chi connectivity index (χ3n) is 9.62. The molecule has 0 bridgehead atoms. The number of hydrogen-bond donors (Lipinski definition) is 0. The summed E-state index contributed by atoms with van der Waals surface area (Å²) in [5.41, 5.74) is 0. The summed E-state index contributed by atoms with van der Waals surface area (Å²) >= 11 is 0. The Morgan fingerprint density at radius 3 is 1.57 bits per heavy atom. The number of esters is 2. The van der Waals surface area contributed by atoms with Gasteiger partial charge in [0.1, 0.15) is 12.6 Å². The Balaban J connectivity index is 4.34. The molecule has 0 radical (unpaired) electrons. The molecule has 0 aliphatic carbocycles. The van der Waals surface area contributed by atoms with E-state index in [1.54, 1.807) is 21.1 Å². The van der Waals surface area contributed by atoms with Gasteiger partial charge in [-0.2, -0.15) is 0 Å². The second-order valence-electron chi connectivity index (χ2n) is 16.0. The molecule has 58 heavy (non-hydrogen) atoms. The number of ether oxygens (including phenoxy) is 3. The number of unbranched alkanes of at least 4 members (excludes halogenated alkanes) is 14. The molecule has 8 heteroatoms. The molecule has 0 rings (SSSR count). The number of nitrogens with zero attached hydrogens (tertiary/aromatic N) is 1. The summed E-state index contributed by atoms with van der Waals surface area (Å²) in [6, 6.07) is -0.736. The summed E-state index contributed by atoms with van der Waals surface area (Å²) in [7, 11) is 5.38. The van der Waals surface area contributed by atoms with Crippen LogP contribution >= 0.6 is 0 Å². The van der Waals surface area contributed by atoms with Crippen LogP contribution in [0.3, 0.4) is 0 Å². The molecular formula is C50H83NO7. The third kappa shape index (κ3) is 38.1. The van der Waals surface area contributed by atoms with E-state index >= 15 is 0 Å². The molecule has 0 aliphatic rings. The molecule has 0 aliphatic heterocycles. The van der Waals surface area contributed by atoms with Gasteiger partial charge in [0.15, 0.2) is 6.10 Å². The van der Waals surface area contributed by atoms with E-state index in [0.29, 0.717) is 12.8 Å². The summed E-state index contributed by atoms with van der Waals surface area (Å²) in [6.45, 7) is 4.35. The maximum absolute atomic E-state index is 12.7. The van der Waals surface area contributed by atoms with Crippen molar-refractivity contribution in [3.05, 3.63) is 85.1 Å². The molecule has 0 aromatic rings. The molecule has 0 aromatic heterocycles. The van der Waals surface area contributed by atoms with Gasteiger partial charge < -0.3 is 28.6 Å². The zero-order valence-electron chi connectivity index (χ0n) is 37.4. The van der Waals surface area contributed by atoms with Gasteiger partial charge in [-0.15, -0.1) is 0 Å². The van der Waals surface area contributed by atoms with Crippen LogP contribution in [-0.4, -0.2) is 75.5 Å². The fourth-order valence-electron chi connectivity index (χ4n) is 6.15. The van der Waals surface area contributed by atoms with Crippen LogP contribution in [0.15, 0.2) is 85.1 Å². The maximum Gasteiger partial charge on any atom is 0.306 e. The van der Waals surface area contributed by atoms with E-state index in [2.05, 4.69) is 62.5 Å². The van der Waals surface area contributed by atoms with E-state index in [1.807, 2.05) is 36.5 Å². The highest BCUT2D eigenvalue weighted by Gasteiger charge is 2.25. The van der Waals surface area contributed by atoms with E-state index in [1.165, 1.54) is 57.8 Å². The minimum absolute atomic E-state index is 0.0223. The molecule has 0 aromatic carbocycles. The van der Waals surface area contributed by atoms with Gasteiger partial charge in [-0.05, 0) is 64.2 Å². The SMILES string of the molecule is CC/C=C/C=C/C=C/C=C/CCCCCC(=O)OCC(COCCC(C(=O)[O-])[N+](C)(C)C)OC(=O)CCCCCCCCCCCCC/C=C/C/C=C/C/C=C/CC. The molecule has 0 heterocycles. The summed E-state index contributed by atoms with van der Waals surface area (Å²) in [5.74, 6) is -1.80. The van der Waals surface area contributed by atoms with Crippen molar-refractivity contribution in [2.75, 3.05) is 41.0 Å². The second kappa shape index (κ2) is 40.3. The first-order chi connectivity index (χ1) is 28.1. The maximum atomic E-state index is 12.7. The second-order valence-corrected chi connectivity index (χ2v) is 16.0. The topological polar surface area (TPSA) is 102 Å². The lowest BCUT2D eigenvalue weighted by Crippen LogP contribution is -2.55. The minimum atomic E-state index is -1.13. The van der Waals surface area contributed by atoms with Crippen molar-refractivity contribution in [3.63, 3.8) is 0 Å². The number of carbonyl (C=O) groups is 3. The average Bonchev–Trinajstić information content (AvgIpc) is 3.18. The number of carboxylic acids is 1. The third-order valence-corrected chi connectivity index (χ3v) is 9.62. The molecule has 2 atom stereocenters. The summed E-state index contributed by atoms with van der Waals surface area (Å²) in [4.78, 5) is 36.9. The van der Waals surface area contributed by atoms with Crippen LogP contribution in [0.5, 0.6) is 0 Å². The van der Waals surface area contributed by atoms with Gasteiger partial charge in [0.25, 0.3) is 0 Å². The minimum Gasteiger partial charge on any atom is -0.544 e. The monoisotopic (exact) mass is 810 g/mol. The number of likely N-dealkylation sites (N-methyl/N-ethyl adjacent to an activating group) is 1. The predicted octanol–water partition coefficient (Wildman–Crippen LogP) is 11.2. The van der Waals surface area contributed by atoms with Crippen molar-refractivity contribution in [3.8, 4) is 0 Å². The van der Waals surface area contributed by atoms with E-state index in [9.17, 15) is 19.5 Å². The highest BCUT2D eigenvalue weighted by molar-refractivity contribution is 5.70. The highest BCUT2D eigenvalue weighted by atomic mass is 16.6. The molecule has 2 unspecified atom stereocenters. The summed E-state index contributed by atoms with van der Waals surface area (Å²) in [6.07, 6.45) is 51.9. The number of hydrogen-bond acceptors (Lipinski definition) is 7. The lowest BCUT2D eigenvalue weighted by Gasteiger charge is -2.34. The first-order valence-corrected chi connectivity index (χ1v) is 22.7. The Hall–Kier alpha value is -3.49. The van der Waals surface area contributed by atoms with Crippen molar-refractivity contribution in [1.82, 2.24) is 0 Å². The zero-order valence-corrected chi connectivity index (χ0v) is 37.4. The zero-order chi connectivity index (χ0) is 42.8. The normalized spacial score (nSPS) is 13.7. The smallest absolute Gasteiger partial charge is 0.306 e. The van der Waals surface area contributed by atoms with Crippen LogP contribution in [0.1, 0.15) is 162 Å². The van der Waals surface area contributed by atoms with Crippen molar-refractivity contribution in [2.45, 2.75) is 174 Å². The number of aliphatic carboxylic acids is 1. The van der Waals surface area contributed by atoms with Gasteiger partial charge in [-0.3, -0.25) is 9.59 Å². The van der Waals surface area contributed by atoms with E-state index in [0.717, 1.165) is 70.6 Å². The van der Waals surface area contributed by atoms with Gasteiger partial charge in [-0.1, -0.05) is 163 Å². The van der Waals surface area contributed by atoms with Gasteiger partial charge in [0, 0.05) is 19.3 Å². The molecule has 0 amide bonds. The number of carbonyl (C=O) groups excluding carboxylic acids is 3. The average molecular weight is 810 g/mol. The number of carboxylic acid groups (broad SMARTS) is 1. The fraction of sp³-hybridized carbons (Fsp3) is 0.660. The molecule has 0 fully saturated rings. The highest BCUT2D eigenvalue weighted by Crippen LogP contribution is 2.14. The van der Waals surface area contributed by atoms with Crippen molar-refractivity contribution in [1.29, 1.82) is 0 Å². The first kappa shape index (κ1) is 54.5. The first-order valence-electron chi connectivity index (χ1n) is 22.7. The molecule has 0 saturated heterocycles. The Bertz CT molecular complexity index is 1220. The largest absolute Gasteiger partial charge is 0.544 e. The fourth-order valence-corrected chi connectivity index (χ4v) is 6.15. The predicted molar refractivity (Wildman–Crippen MR) is 240 cm³/mol. The molecule has 0 N–H and O–H groups in total. The van der Waals surface area contributed by atoms with Crippen molar-refractivity contribution in [2.24, 2.45) is 0 Å². The molecule has 8 nitrogen and oxygen atoms in total. The van der Waals surface area contributed by atoms with Gasteiger partial charge in [-0.25, -0.2) is 0 Å². The lowest BCUT2D eigenvalue weighted by molar-refractivity contribution is -0.889. The van der Waals surface area contributed by atoms with E-state index in [-0.39, 0.29) is 42.7 Å². The Morgan fingerprint density at radius 1 is 0.534 bits per heavy atom. The van der Waals surface area contributed by atoms with Crippen LogP contribution < -0.4 is 5.11 Å². The van der Waals surface area contributed by atoms with Crippen molar-refractivity contribution < 1.29 is 38.2 Å². The molecule has 0 spiro atoms. The molecule has 0 saturated carbocycles. The van der Waals surface area contributed by atoms with Gasteiger partial charge in [0.05, 0.1) is 40.3 Å². The van der Waals surface area contributed by atoms with Crippen LogP contribution in [0.25, 0.3) is 0 Å². The number of rotatable bonds is 39. The van der Waals surface area contributed by atoms with E-state index in [4.69, 9.17) is 14.2 Å². The molecular weight excluding hydrogens is 727 g/mol. The van der Waals surface area contributed by atoms with E-state index < -0.39 is 18.1 Å². The standard InChI is InChI=1S/C50H83NO7/c1-6-8-10-12-14-16-18-20-21-22-23-24-25-26-27-29-31-33-35-37-39-41-49(53)58-46(44-56-43-42-47(50(54)55)51(3,4)5)45-57-48(52)40-38-36-34-32-30-28-19-17-15-13-11-9-7-2/h8-11,13-17,19-21,28,30,46-47H,6-7,12,18,22-27,29,31-45H2,1-5H3/b10-8+,11-9+,15-13+,16-14+,19-17+,21-20+,30-28+. The number of allylic oxidation sites excluding steroid dienone is 14. The number of quaternary nitrogens is 1. The van der Waals surface area contributed by atoms with Gasteiger partial charge in [0.2, 0.25) is 0 Å². The summed E-state index contributed by atoms with van der Waals surface area (Å²) < 4.78 is 17.1. The lowest BCUT2D eigenvalue weighted by atomic mass is 10.0. The van der Waals surface area contributed by atoms with Crippen LogP contribution in [0, 0.1) is 0 Å². The Morgan fingerprint density at radius 2 is 1.00 bits per heavy atom. The van der Waals surface area contributed by atoms with Crippen molar-refractivity contribution >= 4 is 17.9 Å². The van der Waals surface area contributed by atoms with Crippen LogP contribution in [0.4, 0.5) is 0 Å². The quantitative estimate of drug-likeness (QED) is 0.0200. The van der Waals surface area contributed by atoms with Gasteiger partial charge >= 0.3 is 11.9 Å². The summed E-state index contributed by atoms with van der Waals surface area (Å²) in [5, 5.41) is 11.6.